The molecule has 1 aliphatic rings. The van der Waals surface area contributed by atoms with Crippen LogP contribution < -0.4 is 10.8 Å². The van der Waals surface area contributed by atoms with Gasteiger partial charge in [0.1, 0.15) is 6.61 Å². The topological polar surface area (TPSA) is 66.2 Å². The molecule has 0 saturated heterocycles. The summed E-state index contributed by atoms with van der Waals surface area (Å²) in [7, 11) is 1.98. The zero-order chi connectivity index (χ0) is 18.1. The van der Waals surface area contributed by atoms with Gasteiger partial charge in [-0.05, 0) is 49.2 Å². The highest BCUT2D eigenvalue weighted by molar-refractivity contribution is 6.09. The average Bonchev–Trinajstić information content (AvgIpc) is 2.95. The zero-order valence-corrected chi connectivity index (χ0v) is 15.1. The van der Waals surface area contributed by atoms with Crippen molar-refractivity contribution in [3.63, 3.8) is 0 Å². The van der Waals surface area contributed by atoms with Crippen LogP contribution in [0.4, 0.5) is 0 Å². The third-order valence-corrected chi connectivity index (χ3v) is 5.15. The molecule has 1 amide bonds. The van der Waals surface area contributed by atoms with Crippen molar-refractivity contribution in [1.29, 1.82) is 0 Å². The lowest BCUT2D eigenvalue weighted by molar-refractivity contribution is 0.0256. The molecule has 2 heterocycles. The van der Waals surface area contributed by atoms with E-state index in [9.17, 15) is 4.79 Å². The van der Waals surface area contributed by atoms with Crippen molar-refractivity contribution in [3.05, 3.63) is 59.2 Å². The Kier molecular flexibility index (Phi) is 4.49. The number of amides is 1. The molecule has 0 spiro atoms. The second kappa shape index (κ2) is 6.94. The number of aromatic amines is 1. The van der Waals surface area contributed by atoms with Crippen LogP contribution in [0.1, 0.15) is 40.7 Å². The largest absolute Gasteiger partial charge is 0.354 e. The Morgan fingerprint density at radius 1 is 1.19 bits per heavy atom. The van der Waals surface area contributed by atoms with Crippen LogP contribution in [0.3, 0.4) is 0 Å². The summed E-state index contributed by atoms with van der Waals surface area (Å²) in [6, 6.07) is 14.4. The van der Waals surface area contributed by atoms with E-state index in [0.717, 1.165) is 40.7 Å². The minimum atomic E-state index is -0.200. The van der Waals surface area contributed by atoms with Gasteiger partial charge in [0, 0.05) is 16.5 Å². The normalized spacial score (nSPS) is 14.9. The molecule has 1 aliphatic heterocycles. The predicted molar refractivity (Wildman–Crippen MR) is 103 cm³/mol. The number of hydrogen-bond acceptors (Lipinski definition) is 3. The minimum absolute atomic E-state index is 0.200. The molecule has 0 radical (unpaired) electrons. The Morgan fingerprint density at radius 3 is 2.77 bits per heavy atom. The van der Waals surface area contributed by atoms with Gasteiger partial charge < -0.3 is 10.3 Å². The van der Waals surface area contributed by atoms with Gasteiger partial charge in [0.05, 0.1) is 11.3 Å². The molecule has 0 fully saturated rings. The predicted octanol–water partition coefficient (Wildman–Crippen LogP) is 3.72. The lowest BCUT2D eigenvalue weighted by Crippen LogP contribution is -2.21. The maximum Gasteiger partial charge on any atom is 0.275 e. The first kappa shape index (κ1) is 16.8. The summed E-state index contributed by atoms with van der Waals surface area (Å²) in [5.41, 5.74) is 8.57. The first-order valence-corrected chi connectivity index (χ1v) is 8.99. The molecule has 2 aromatic carbocycles. The lowest BCUT2D eigenvalue weighted by atomic mass is 9.95. The number of rotatable bonds is 5. The zero-order valence-electron chi connectivity index (χ0n) is 15.1. The van der Waals surface area contributed by atoms with Gasteiger partial charge in [0.2, 0.25) is 0 Å². The van der Waals surface area contributed by atoms with E-state index in [1.807, 2.05) is 25.2 Å². The summed E-state index contributed by atoms with van der Waals surface area (Å²) in [4.78, 5) is 21.0. The summed E-state index contributed by atoms with van der Waals surface area (Å²) in [6.07, 6.45) is 1.11. The second-order valence-corrected chi connectivity index (χ2v) is 6.84. The number of nitrogens with one attached hydrogen (secondary N) is 3. The van der Waals surface area contributed by atoms with Gasteiger partial charge in [-0.25, -0.2) is 5.48 Å². The van der Waals surface area contributed by atoms with Gasteiger partial charge in [-0.3, -0.25) is 9.63 Å². The number of hydroxylamine groups is 1. The van der Waals surface area contributed by atoms with Crippen LogP contribution in [-0.4, -0.2) is 24.5 Å². The van der Waals surface area contributed by atoms with E-state index in [0.29, 0.717) is 18.1 Å². The van der Waals surface area contributed by atoms with Crippen molar-refractivity contribution in [2.45, 2.75) is 25.9 Å². The van der Waals surface area contributed by atoms with Crippen molar-refractivity contribution in [3.8, 4) is 11.3 Å². The van der Waals surface area contributed by atoms with Crippen LogP contribution in [0.2, 0.25) is 0 Å². The highest BCUT2D eigenvalue weighted by Gasteiger charge is 2.22. The Hall–Kier alpha value is -2.63. The van der Waals surface area contributed by atoms with E-state index in [1.165, 1.54) is 5.56 Å². The summed E-state index contributed by atoms with van der Waals surface area (Å²) >= 11 is 0. The Balaban J connectivity index is 1.74. The standard InChI is InChI=1S/C21H23N3O2/c1-13(10-11-22-2)14-6-8-15(9-7-14)20-17-12-26-24-21(25)16-4-3-5-18(23-20)19(16)17/h3-9,13,22-23H,10-12H2,1-2H3,(H,24,25)/t13-/m0/s1. The fourth-order valence-corrected chi connectivity index (χ4v) is 3.63. The fraction of sp³-hybridized carbons (Fsp3) is 0.286. The van der Waals surface area contributed by atoms with E-state index in [1.54, 1.807) is 0 Å². The molecule has 3 aromatic rings. The number of carbonyl (C=O) groups is 1. The maximum absolute atomic E-state index is 12.2. The Morgan fingerprint density at radius 2 is 2.00 bits per heavy atom. The molecule has 4 rings (SSSR count). The number of benzene rings is 2. The summed E-state index contributed by atoms with van der Waals surface area (Å²) in [5.74, 6) is 0.311. The monoisotopic (exact) mass is 349 g/mol. The SMILES string of the molecule is CNCC[C@H](C)c1ccc(-c2[nH]c3cccc4c3c2CONC4=O)cc1. The molecule has 134 valence electrons. The quantitative estimate of drug-likeness (QED) is 0.658. The molecule has 0 saturated carbocycles. The fourth-order valence-electron chi connectivity index (χ4n) is 3.63. The number of hydrogen-bond donors (Lipinski definition) is 3. The third kappa shape index (κ3) is 2.89. The smallest absolute Gasteiger partial charge is 0.275 e. The van der Waals surface area contributed by atoms with Crippen LogP contribution in [0.5, 0.6) is 0 Å². The summed E-state index contributed by atoms with van der Waals surface area (Å²) in [5, 5.41) is 4.15. The van der Waals surface area contributed by atoms with Crippen LogP contribution in [-0.2, 0) is 11.4 Å². The van der Waals surface area contributed by atoms with Crippen LogP contribution >= 0.6 is 0 Å². The van der Waals surface area contributed by atoms with Crippen molar-refractivity contribution < 1.29 is 9.63 Å². The molecular weight excluding hydrogens is 326 g/mol. The number of aromatic nitrogens is 1. The molecule has 0 aliphatic carbocycles. The van der Waals surface area contributed by atoms with Gasteiger partial charge in [0.25, 0.3) is 5.91 Å². The van der Waals surface area contributed by atoms with E-state index in [2.05, 4.69) is 47.0 Å². The van der Waals surface area contributed by atoms with E-state index >= 15 is 0 Å². The molecular formula is C21H23N3O2. The molecule has 26 heavy (non-hydrogen) atoms. The van der Waals surface area contributed by atoms with Gasteiger partial charge >= 0.3 is 0 Å². The van der Waals surface area contributed by atoms with E-state index in [-0.39, 0.29) is 5.91 Å². The highest BCUT2D eigenvalue weighted by Crippen LogP contribution is 2.34. The highest BCUT2D eigenvalue weighted by atomic mass is 16.6. The van der Waals surface area contributed by atoms with Crippen molar-refractivity contribution >= 4 is 16.8 Å². The summed E-state index contributed by atoms with van der Waals surface area (Å²) < 4.78 is 0. The molecule has 1 aromatic heterocycles. The molecule has 0 bridgehead atoms. The van der Waals surface area contributed by atoms with E-state index < -0.39 is 0 Å². The van der Waals surface area contributed by atoms with Gasteiger partial charge in [0.15, 0.2) is 0 Å². The first-order valence-electron chi connectivity index (χ1n) is 8.99. The first-order chi connectivity index (χ1) is 12.7. The molecule has 3 N–H and O–H groups in total. The molecule has 1 atom stereocenters. The maximum atomic E-state index is 12.2. The van der Waals surface area contributed by atoms with Crippen LogP contribution in [0.15, 0.2) is 42.5 Å². The average molecular weight is 349 g/mol. The van der Waals surface area contributed by atoms with E-state index in [4.69, 9.17) is 4.84 Å². The van der Waals surface area contributed by atoms with Crippen molar-refractivity contribution in [2.24, 2.45) is 0 Å². The third-order valence-electron chi connectivity index (χ3n) is 5.15. The number of carbonyl (C=O) groups excluding carboxylic acids is 1. The second-order valence-electron chi connectivity index (χ2n) is 6.84. The molecule has 5 nitrogen and oxygen atoms in total. The number of H-pyrrole nitrogens is 1. The van der Waals surface area contributed by atoms with Crippen molar-refractivity contribution in [1.82, 2.24) is 15.8 Å². The Labute approximate surface area is 152 Å². The summed E-state index contributed by atoms with van der Waals surface area (Å²) in [6.45, 7) is 3.61. The van der Waals surface area contributed by atoms with Gasteiger partial charge in [-0.2, -0.15) is 0 Å². The van der Waals surface area contributed by atoms with Crippen LogP contribution in [0.25, 0.3) is 22.2 Å². The minimum Gasteiger partial charge on any atom is -0.354 e. The lowest BCUT2D eigenvalue weighted by Gasteiger charge is -2.12. The van der Waals surface area contributed by atoms with Gasteiger partial charge in [-0.15, -0.1) is 0 Å². The van der Waals surface area contributed by atoms with Gasteiger partial charge in [-0.1, -0.05) is 37.3 Å². The molecule has 5 heteroatoms. The Bertz CT molecular complexity index is 944. The van der Waals surface area contributed by atoms with Crippen molar-refractivity contribution in [2.75, 3.05) is 13.6 Å². The van der Waals surface area contributed by atoms with Crippen LogP contribution in [0, 0.1) is 0 Å². The molecule has 0 unspecified atom stereocenters.